The lowest BCUT2D eigenvalue weighted by Crippen LogP contribution is -2.17. The molecule has 1 N–H and O–H groups in total. The van der Waals surface area contributed by atoms with Gasteiger partial charge >= 0.3 is 0 Å². The van der Waals surface area contributed by atoms with Crippen molar-refractivity contribution in [3.8, 4) is 11.5 Å². The number of hydrogen-bond donors (Lipinski definition) is 1. The molecule has 0 radical (unpaired) electrons. The molecule has 0 aromatic rings. The van der Waals surface area contributed by atoms with E-state index in [0.29, 0.717) is 0 Å². The summed E-state index contributed by atoms with van der Waals surface area (Å²) >= 11 is 0. The van der Waals surface area contributed by atoms with E-state index >= 15 is 0 Å². The minimum absolute atomic E-state index is 0.283. The molecule has 0 aromatic carbocycles. The second-order valence-electron chi connectivity index (χ2n) is 4.25. The summed E-state index contributed by atoms with van der Waals surface area (Å²) in [6, 6.07) is 0. The van der Waals surface area contributed by atoms with Crippen LogP contribution in [0.15, 0.2) is 11.6 Å². The number of allylic oxidation sites excluding steroid dienone is 1. The standard InChI is InChI=1S/C10H16OSi/c1-12(2,3)8-7-9-5-4-6-10(9)11/h5,10-11H,4,6H2,1-3H3/t10-/m0/s1. The largest absolute Gasteiger partial charge is 0.388 e. The van der Waals surface area contributed by atoms with E-state index in [1.54, 1.807) is 0 Å². The lowest BCUT2D eigenvalue weighted by molar-refractivity contribution is 0.216. The molecule has 0 saturated carbocycles. The normalized spacial score (nSPS) is 23.0. The van der Waals surface area contributed by atoms with Gasteiger partial charge in [0, 0.05) is 5.57 Å². The fourth-order valence-corrected chi connectivity index (χ4v) is 1.60. The SMILES string of the molecule is C[Si](C)(C)C#CC1=CCC[C@@H]1O. The van der Waals surface area contributed by atoms with Crippen molar-refractivity contribution in [2.45, 2.75) is 38.6 Å². The lowest BCUT2D eigenvalue weighted by atomic mass is 10.2. The van der Waals surface area contributed by atoms with Crippen molar-refractivity contribution in [2.75, 3.05) is 0 Å². The molecule has 0 fully saturated rings. The molecular formula is C10H16OSi. The molecule has 66 valence electrons. The van der Waals surface area contributed by atoms with E-state index in [-0.39, 0.29) is 6.10 Å². The first-order chi connectivity index (χ1) is 5.49. The van der Waals surface area contributed by atoms with Crippen LogP contribution in [-0.2, 0) is 0 Å². The molecule has 0 saturated heterocycles. The Morgan fingerprint density at radius 3 is 2.58 bits per heavy atom. The maximum atomic E-state index is 9.43. The number of aliphatic hydroxyl groups excluding tert-OH is 1. The maximum absolute atomic E-state index is 9.43. The first kappa shape index (κ1) is 9.56. The molecule has 0 amide bonds. The summed E-state index contributed by atoms with van der Waals surface area (Å²) in [6.07, 6.45) is 3.61. The second-order valence-corrected chi connectivity index (χ2v) is 9.00. The Labute approximate surface area is 75.5 Å². The molecule has 2 heteroatoms. The Bertz CT molecular complexity index is 249. The molecule has 0 spiro atoms. The summed E-state index contributed by atoms with van der Waals surface area (Å²) in [5.41, 5.74) is 4.20. The number of rotatable bonds is 0. The van der Waals surface area contributed by atoms with Crippen molar-refractivity contribution in [3.63, 3.8) is 0 Å². The Balaban J connectivity index is 2.66. The molecule has 0 aromatic heterocycles. The molecule has 0 heterocycles. The topological polar surface area (TPSA) is 20.2 Å². The molecule has 12 heavy (non-hydrogen) atoms. The van der Waals surface area contributed by atoms with Crippen molar-refractivity contribution >= 4 is 8.07 Å². The van der Waals surface area contributed by atoms with Gasteiger partial charge < -0.3 is 5.11 Å². The molecule has 1 aliphatic carbocycles. The number of hydrogen-bond acceptors (Lipinski definition) is 1. The van der Waals surface area contributed by atoms with Gasteiger partial charge in [0.05, 0.1) is 6.10 Å². The summed E-state index contributed by atoms with van der Waals surface area (Å²) in [5, 5.41) is 9.43. The molecule has 0 unspecified atom stereocenters. The quantitative estimate of drug-likeness (QED) is 0.446. The van der Waals surface area contributed by atoms with E-state index < -0.39 is 8.07 Å². The van der Waals surface area contributed by atoms with Crippen LogP contribution in [0.4, 0.5) is 0 Å². The first-order valence-electron chi connectivity index (χ1n) is 4.40. The van der Waals surface area contributed by atoms with Gasteiger partial charge in [-0.25, -0.2) is 0 Å². The molecular weight excluding hydrogens is 164 g/mol. The Hall–Kier alpha value is -0.523. The highest BCUT2D eigenvalue weighted by molar-refractivity contribution is 6.83. The van der Waals surface area contributed by atoms with Gasteiger partial charge in [0.15, 0.2) is 0 Å². The molecule has 1 atom stereocenters. The van der Waals surface area contributed by atoms with Gasteiger partial charge in [-0.2, -0.15) is 0 Å². The summed E-state index contributed by atoms with van der Waals surface area (Å²) in [7, 11) is -1.27. The van der Waals surface area contributed by atoms with Gasteiger partial charge in [0.1, 0.15) is 8.07 Å². The number of aliphatic hydroxyl groups is 1. The van der Waals surface area contributed by atoms with Crippen molar-refractivity contribution in [3.05, 3.63) is 11.6 Å². The monoisotopic (exact) mass is 180 g/mol. The molecule has 1 nitrogen and oxygen atoms in total. The zero-order valence-corrected chi connectivity index (χ0v) is 9.02. The third kappa shape index (κ3) is 2.84. The zero-order chi connectivity index (χ0) is 9.19. The average Bonchev–Trinajstić information content (AvgIpc) is 2.29. The van der Waals surface area contributed by atoms with Crippen molar-refractivity contribution in [2.24, 2.45) is 0 Å². The average molecular weight is 180 g/mol. The summed E-state index contributed by atoms with van der Waals surface area (Å²) in [6.45, 7) is 6.63. The third-order valence-electron chi connectivity index (χ3n) is 1.75. The van der Waals surface area contributed by atoms with Gasteiger partial charge in [-0.3, -0.25) is 0 Å². The van der Waals surface area contributed by atoms with Gasteiger partial charge in [0.2, 0.25) is 0 Å². The van der Waals surface area contributed by atoms with Crippen LogP contribution in [0.25, 0.3) is 0 Å². The third-order valence-corrected chi connectivity index (χ3v) is 2.62. The fourth-order valence-electron chi connectivity index (χ4n) is 1.08. The fraction of sp³-hybridized carbons (Fsp3) is 0.600. The molecule has 0 bridgehead atoms. The lowest BCUT2D eigenvalue weighted by Gasteiger charge is -2.05. The van der Waals surface area contributed by atoms with Crippen molar-refractivity contribution in [1.29, 1.82) is 0 Å². The van der Waals surface area contributed by atoms with Crippen LogP contribution in [0, 0.1) is 11.5 Å². The van der Waals surface area contributed by atoms with Crippen molar-refractivity contribution in [1.82, 2.24) is 0 Å². The predicted molar refractivity (Wildman–Crippen MR) is 54.4 cm³/mol. The molecule has 1 rings (SSSR count). The van der Waals surface area contributed by atoms with Crippen LogP contribution in [0.3, 0.4) is 0 Å². The van der Waals surface area contributed by atoms with Gasteiger partial charge in [-0.05, 0) is 12.8 Å². The summed E-state index contributed by atoms with van der Waals surface area (Å²) in [5.74, 6) is 3.09. The van der Waals surface area contributed by atoms with E-state index in [2.05, 4.69) is 37.2 Å². The van der Waals surface area contributed by atoms with Gasteiger partial charge in [-0.1, -0.05) is 31.6 Å². The Kier molecular flexibility index (Phi) is 2.76. The Morgan fingerprint density at radius 1 is 1.50 bits per heavy atom. The second kappa shape index (κ2) is 3.47. The van der Waals surface area contributed by atoms with Crippen LogP contribution in [0.5, 0.6) is 0 Å². The van der Waals surface area contributed by atoms with Gasteiger partial charge in [0.25, 0.3) is 0 Å². The maximum Gasteiger partial charge on any atom is 0.129 e. The minimum Gasteiger partial charge on any atom is -0.388 e. The van der Waals surface area contributed by atoms with Crippen LogP contribution < -0.4 is 0 Å². The van der Waals surface area contributed by atoms with E-state index in [4.69, 9.17) is 0 Å². The highest BCUT2D eigenvalue weighted by Gasteiger charge is 2.14. The first-order valence-corrected chi connectivity index (χ1v) is 7.90. The smallest absolute Gasteiger partial charge is 0.129 e. The minimum atomic E-state index is -1.27. The van der Waals surface area contributed by atoms with E-state index in [0.717, 1.165) is 18.4 Å². The summed E-state index contributed by atoms with van der Waals surface area (Å²) < 4.78 is 0. The summed E-state index contributed by atoms with van der Waals surface area (Å²) in [4.78, 5) is 0. The highest BCUT2D eigenvalue weighted by Crippen LogP contribution is 2.17. The predicted octanol–water partition coefficient (Wildman–Crippen LogP) is 1.95. The van der Waals surface area contributed by atoms with Crippen LogP contribution in [-0.4, -0.2) is 19.3 Å². The van der Waals surface area contributed by atoms with E-state index in [1.807, 2.05) is 0 Å². The Morgan fingerprint density at radius 2 is 2.17 bits per heavy atom. The van der Waals surface area contributed by atoms with Crippen LogP contribution >= 0.6 is 0 Å². The van der Waals surface area contributed by atoms with Crippen LogP contribution in [0.2, 0.25) is 19.6 Å². The molecule has 1 aliphatic rings. The highest BCUT2D eigenvalue weighted by atomic mass is 28.3. The van der Waals surface area contributed by atoms with Gasteiger partial charge in [-0.15, -0.1) is 5.54 Å². The van der Waals surface area contributed by atoms with Crippen LogP contribution in [0.1, 0.15) is 12.8 Å². The zero-order valence-electron chi connectivity index (χ0n) is 8.02. The van der Waals surface area contributed by atoms with E-state index in [9.17, 15) is 5.11 Å². The van der Waals surface area contributed by atoms with Crippen molar-refractivity contribution < 1.29 is 5.11 Å². The molecule has 0 aliphatic heterocycles. The van der Waals surface area contributed by atoms with E-state index in [1.165, 1.54) is 0 Å².